The molecule has 4 heteroatoms. The third-order valence-electron chi connectivity index (χ3n) is 1.28. The number of carbonyl (C=O) groups excluding carboxylic acids is 1. The molecule has 0 unspecified atom stereocenters. The molecule has 0 fully saturated rings. The molecular formula is C8H9NO2S. The van der Waals surface area contributed by atoms with Crippen molar-refractivity contribution in [3.8, 4) is 0 Å². The lowest BCUT2D eigenvalue weighted by atomic mass is 10.3. The van der Waals surface area contributed by atoms with Crippen LogP contribution < -0.4 is 5.73 Å². The normalized spacial score (nSPS) is 9.42. The number of rotatable bonds is 1. The smallest absolute Gasteiger partial charge is 0.371 e. The summed E-state index contributed by atoms with van der Waals surface area (Å²) in [7, 11) is 1.34. The predicted molar refractivity (Wildman–Crippen MR) is 49.1 cm³/mol. The Morgan fingerprint density at radius 1 is 1.50 bits per heavy atom. The summed E-state index contributed by atoms with van der Waals surface area (Å²) in [6.07, 6.45) is 0. The zero-order valence-electron chi connectivity index (χ0n) is 6.61. The molecule has 0 aromatic heterocycles. The molecular weight excluding hydrogens is 174 g/mol. The van der Waals surface area contributed by atoms with Gasteiger partial charge in [-0.3, -0.25) is 0 Å². The van der Waals surface area contributed by atoms with Crippen molar-refractivity contribution in [2.45, 2.75) is 4.90 Å². The van der Waals surface area contributed by atoms with E-state index >= 15 is 0 Å². The van der Waals surface area contributed by atoms with E-state index in [1.165, 1.54) is 7.11 Å². The summed E-state index contributed by atoms with van der Waals surface area (Å²) in [6, 6.07) is 7.15. The summed E-state index contributed by atoms with van der Waals surface area (Å²) < 4.78 is 4.48. The third-order valence-corrected chi connectivity index (χ3v) is 2.20. The molecule has 64 valence electrons. The quantitative estimate of drug-likeness (QED) is 0.411. The molecule has 1 aromatic carbocycles. The van der Waals surface area contributed by atoms with Gasteiger partial charge in [-0.15, -0.1) is 0 Å². The lowest BCUT2D eigenvalue weighted by Crippen LogP contribution is -1.93. The maximum atomic E-state index is 10.8. The number of benzene rings is 1. The fraction of sp³-hybridized carbons (Fsp3) is 0.125. The van der Waals surface area contributed by atoms with Gasteiger partial charge in [0.15, 0.2) is 0 Å². The fourth-order valence-electron chi connectivity index (χ4n) is 0.705. The van der Waals surface area contributed by atoms with E-state index in [1.807, 2.05) is 12.1 Å². The first-order valence-corrected chi connectivity index (χ1v) is 4.16. The van der Waals surface area contributed by atoms with E-state index in [0.29, 0.717) is 5.69 Å². The van der Waals surface area contributed by atoms with Gasteiger partial charge in [-0.05, 0) is 23.9 Å². The van der Waals surface area contributed by atoms with Gasteiger partial charge in [0.05, 0.1) is 7.11 Å². The first-order valence-electron chi connectivity index (χ1n) is 3.34. The second kappa shape index (κ2) is 4.01. The molecule has 0 aliphatic rings. The van der Waals surface area contributed by atoms with Crippen molar-refractivity contribution < 1.29 is 9.53 Å². The van der Waals surface area contributed by atoms with Crippen molar-refractivity contribution >= 4 is 22.8 Å². The van der Waals surface area contributed by atoms with Crippen molar-refractivity contribution in [3.05, 3.63) is 24.3 Å². The number of thioether (sulfide) groups is 1. The Bertz CT molecular complexity index is 288. The molecule has 0 saturated heterocycles. The second-order valence-electron chi connectivity index (χ2n) is 2.09. The molecule has 3 nitrogen and oxygen atoms in total. The van der Waals surface area contributed by atoms with Crippen LogP contribution in [0.2, 0.25) is 0 Å². The highest BCUT2D eigenvalue weighted by Crippen LogP contribution is 2.25. The van der Waals surface area contributed by atoms with Gasteiger partial charge in [0.25, 0.3) is 0 Å². The summed E-state index contributed by atoms with van der Waals surface area (Å²) in [5.74, 6) is 0. The average Bonchev–Trinajstić information content (AvgIpc) is 2.09. The Hall–Kier alpha value is -1.16. The van der Waals surface area contributed by atoms with E-state index in [1.54, 1.807) is 12.1 Å². The third kappa shape index (κ3) is 2.17. The standard InChI is InChI=1S/C8H9NO2S/c1-11-8(10)12-7-5-3-2-4-6(7)9/h2-5H,9H2,1H3. The number of para-hydroxylation sites is 1. The number of hydrogen-bond acceptors (Lipinski definition) is 4. The number of methoxy groups -OCH3 is 1. The first-order chi connectivity index (χ1) is 5.74. The molecule has 1 rings (SSSR count). The van der Waals surface area contributed by atoms with Crippen molar-refractivity contribution in [1.82, 2.24) is 0 Å². The van der Waals surface area contributed by atoms with Crippen LogP contribution in [-0.2, 0) is 4.74 Å². The fourth-order valence-corrected chi connectivity index (χ4v) is 1.30. The van der Waals surface area contributed by atoms with Crippen LogP contribution in [0.1, 0.15) is 0 Å². The Labute approximate surface area is 74.9 Å². The van der Waals surface area contributed by atoms with Crippen molar-refractivity contribution in [3.63, 3.8) is 0 Å². The van der Waals surface area contributed by atoms with Crippen LogP contribution in [0.15, 0.2) is 29.2 Å². The average molecular weight is 183 g/mol. The molecule has 0 atom stereocenters. The minimum absolute atomic E-state index is 0.354. The molecule has 0 radical (unpaired) electrons. The molecule has 0 saturated carbocycles. The Morgan fingerprint density at radius 2 is 2.17 bits per heavy atom. The Morgan fingerprint density at radius 3 is 2.75 bits per heavy atom. The highest BCUT2D eigenvalue weighted by atomic mass is 32.2. The van der Waals surface area contributed by atoms with Gasteiger partial charge in [-0.2, -0.15) is 0 Å². The number of hydrogen-bond donors (Lipinski definition) is 1. The minimum atomic E-state index is -0.354. The van der Waals surface area contributed by atoms with Crippen LogP contribution in [-0.4, -0.2) is 12.4 Å². The second-order valence-corrected chi connectivity index (χ2v) is 3.07. The van der Waals surface area contributed by atoms with E-state index < -0.39 is 0 Å². The largest absolute Gasteiger partial charge is 0.461 e. The predicted octanol–water partition coefficient (Wildman–Crippen LogP) is 2.13. The van der Waals surface area contributed by atoms with Crippen molar-refractivity contribution in [2.75, 3.05) is 12.8 Å². The Balaban J connectivity index is 2.75. The van der Waals surface area contributed by atoms with Crippen LogP contribution in [0, 0.1) is 0 Å². The summed E-state index contributed by atoms with van der Waals surface area (Å²) in [4.78, 5) is 11.5. The summed E-state index contributed by atoms with van der Waals surface area (Å²) in [5.41, 5.74) is 6.19. The number of ether oxygens (including phenoxy) is 1. The van der Waals surface area contributed by atoms with Crippen LogP contribution in [0.4, 0.5) is 10.5 Å². The van der Waals surface area contributed by atoms with Crippen LogP contribution in [0.25, 0.3) is 0 Å². The monoisotopic (exact) mass is 183 g/mol. The maximum absolute atomic E-state index is 10.8. The molecule has 12 heavy (non-hydrogen) atoms. The topological polar surface area (TPSA) is 52.3 Å². The van der Waals surface area contributed by atoms with E-state index in [4.69, 9.17) is 5.73 Å². The van der Waals surface area contributed by atoms with Crippen LogP contribution in [0.3, 0.4) is 0 Å². The van der Waals surface area contributed by atoms with Gasteiger partial charge in [0, 0.05) is 10.6 Å². The van der Waals surface area contributed by atoms with E-state index in [-0.39, 0.29) is 5.30 Å². The molecule has 0 aliphatic carbocycles. The molecule has 0 heterocycles. The zero-order valence-corrected chi connectivity index (χ0v) is 7.43. The molecule has 2 N–H and O–H groups in total. The molecule has 0 spiro atoms. The number of nitrogens with two attached hydrogens (primary N) is 1. The molecule has 0 amide bonds. The summed E-state index contributed by atoms with van der Waals surface area (Å²) >= 11 is 0.984. The SMILES string of the molecule is COC(=O)Sc1ccccc1N. The van der Waals surface area contributed by atoms with Crippen LogP contribution >= 0.6 is 11.8 Å². The number of carbonyl (C=O) groups is 1. The van der Waals surface area contributed by atoms with E-state index in [9.17, 15) is 4.79 Å². The van der Waals surface area contributed by atoms with E-state index in [2.05, 4.69) is 4.74 Å². The van der Waals surface area contributed by atoms with Gasteiger partial charge < -0.3 is 10.5 Å². The van der Waals surface area contributed by atoms with Crippen LogP contribution in [0.5, 0.6) is 0 Å². The molecule has 0 bridgehead atoms. The zero-order chi connectivity index (χ0) is 8.97. The molecule has 1 aromatic rings. The van der Waals surface area contributed by atoms with Gasteiger partial charge in [-0.1, -0.05) is 12.1 Å². The van der Waals surface area contributed by atoms with Gasteiger partial charge in [0.2, 0.25) is 0 Å². The van der Waals surface area contributed by atoms with Gasteiger partial charge in [-0.25, -0.2) is 4.79 Å². The lowest BCUT2D eigenvalue weighted by Gasteiger charge is -2.01. The number of nitrogen functional groups attached to an aromatic ring is 1. The first kappa shape index (κ1) is 8.93. The van der Waals surface area contributed by atoms with Gasteiger partial charge in [0.1, 0.15) is 0 Å². The number of anilines is 1. The summed E-state index contributed by atoms with van der Waals surface area (Å²) in [5, 5.41) is -0.354. The lowest BCUT2D eigenvalue weighted by molar-refractivity contribution is 0.200. The summed E-state index contributed by atoms with van der Waals surface area (Å²) in [6.45, 7) is 0. The van der Waals surface area contributed by atoms with Crippen molar-refractivity contribution in [2.24, 2.45) is 0 Å². The maximum Gasteiger partial charge on any atom is 0.371 e. The molecule has 0 aliphatic heterocycles. The highest BCUT2D eigenvalue weighted by molar-refractivity contribution is 8.13. The minimum Gasteiger partial charge on any atom is -0.461 e. The van der Waals surface area contributed by atoms with E-state index in [0.717, 1.165) is 16.7 Å². The van der Waals surface area contributed by atoms with Gasteiger partial charge >= 0.3 is 5.30 Å². The highest BCUT2D eigenvalue weighted by Gasteiger charge is 2.05. The van der Waals surface area contributed by atoms with Crippen molar-refractivity contribution in [1.29, 1.82) is 0 Å². The Kier molecular flexibility index (Phi) is 2.99.